The molecule has 128 valence electrons. The molecule has 3 aromatic rings. The summed E-state index contributed by atoms with van der Waals surface area (Å²) in [5.74, 6) is -0.291. The Morgan fingerprint density at radius 3 is 2.56 bits per heavy atom. The van der Waals surface area contributed by atoms with Crippen LogP contribution in [0.1, 0.15) is 9.67 Å². The highest BCUT2D eigenvalue weighted by Crippen LogP contribution is 2.27. The zero-order valence-electron chi connectivity index (χ0n) is 12.6. The average molecular weight is 394 g/mol. The van der Waals surface area contributed by atoms with Crippen LogP contribution in [-0.2, 0) is 10.0 Å². The summed E-state index contributed by atoms with van der Waals surface area (Å²) in [6, 6.07) is 12.7. The number of pyridine rings is 1. The topological polar surface area (TPSA) is 88.2 Å². The number of hydrogen-bond acceptors (Lipinski definition) is 5. The minimum atomic E-state index is -3.79. The molecule has 0 saturated carbocycles. The fourth-order valence-electron chi connectivity index (χ4n) is 2.01. The third kappa shape index (κ3) is 3.98. The van der Waals surface area contributed by atoms with Crippen LogP contribution in [0.5, 0.6) is 0 Å². The molecule has 0 saturated heterocycles. The summed E-state index contributed by atoms with van der Waals surface area (Å²) in [7, 11) is -3.79. The molecule has 0 fully saturated rings. The molecule has 0 atom stereocenters. The van der Waals surface area contributed by atoms with Crippen molar-refractivity contribution in [3.05, 3.63) is 70.0 Å². The van der Waals surface area contributed by atoms with Gasteiger partial charge in [-0.1, -0.05) is 29.8 Å². The Bertz CT molecular complexity index is 1000. The first kappa shape index (κ1) is 17.4. The fourth-order valence-corrected chi connectivity index (χ4v) is 4.08. The lowest BCUT2D eigenvalue weighted by Gasteiger charge is -2.09. The summed E-state index contributed by atoms with van der Waals surface area (Å²) >= 11 is 7.08. The van der Waals surface area contributed by atoms with Gasteiger partial charge in [0.15, 0.2) is 5.82 Å². The summed E-state index contributed by atoms with van der Waals surface area (Å²) in [6.07, 6.45) is 1.49. The van der Waals surface area contributed by atoms with Gasteiger partial charge in [0.25, 0.3) is 15.9 Å². The van der Waals surface area contributed by atoms with Crippen LogP contribution in [0.3, 0.4) is 0 Å². The number of nitrogens with zero attached hydrogens (tertiary/aromatic N) is 1. The third-order valence-electron chi connectivity index (χ3n) is 3.16. The van der Waals surface area contributed by atoms with Crippen molar-refractivity contribution in [2.75, 3.05) is 10.0 Å². The molecule has 0 spiro atoms. The predicted octanol–water partition coefficient (Wildman–Crippen LogP) is 3.85. The maximum absolute atomic E-state index is 12.4. The first-order chi connectivity index (χ1) is 12.0. The molecule has 0 unspecified atom stereocenters. The SMILES string of the molecule is O=C(Nc1ncccc1Cl)c1sccc1NS(=O)(=O)c1ccccc1. The highest BCUT2D eigenvalue weighted by atomic mass is 35.5. The standard InChI is InChI=1S/C16H12ClN3O3S2/c17-12-7-4-9-18-15(12)19-16(21)14-13(8-10-24-14)20-25(22,23)11-5-2-1-3-6-11/h1-10,20H,(H,18,19,21). The van der Waals surface area contributed by atoms with Crippen LogP contribution in [0.4, 0.5) is 11.5 Å². The molecule has 1 amide bonds. The molecule has 9 heteroatoms. The predicted molar refractivity (Wildman–Crippen MR) is 98.8 cm³/mol. The number of rotatable bonds is 5. The highest BCUT2D eigenvalue weighted by Gasteiger charge is 2.20. The normalized spacial score (nSPS) is 11.1. The van der Waals surface area contributed by atoms with Crippen molar-refractivity contribution in [1.29, 1.82) is 0 Å². The second kappa shape index (κ2) is 7.22. The molecular formula is C16H12ClN3O3S2. The molecule has 6 nitrogen and oxygen atoms in total. The number of carbonyl (C=O) groups is 1. The molecule has 0 bridgehead atoms. The average Bonchev–Trinajstić information content (AvgIpc) is 3.05. The Balaban J connectivity index is 1.83. The quantitative estimate of drug-likeness (QED) is 0.689. The minimum absolute atomic E-state index is 0.111. The number of carbonyl (C=O) groups excluding carboxylic acids is 1. The second-order valence-corrected chi connectivity index (χ2v) is 7.88. The zero-order valence-corrected chi connectivity index (χ0v) is 15.0. The Morgan fingerprint density at radius 1 is 1.08 bits per heavy atom. The van der Waals surface area contributed by atoms with Crippen LogP contribution in [0.2, 0.25) is 5.02 Å². The molecule has 0 aliphatic rings. The number of anilines is 2. The van der Waals surface area contributed by atoms with E-state index in [4.69, 9.17) is 11.6 Å². The number of benzene rings is 1. The van der Waals surface area contributed by atoms with E-state index in [9.17, 15) is 13.2 Å². The molecule has 2 N–H and O–H groups in total. The Labute approximate surface area is 153 Å². The van der Waals surface area contributed by atoms with Gasteiger partial charge >= 0.3 is 0 Å². The Kier molecular flexibility index (Phi) is 5.03. The number of aromatic nitrogens is 1. The lowest BCUT2D eigenvalue weighted by atomic mass is 10.3. The van der Waals surface area contributed by atoms with Crippen LogP contribution in [0, 0.1) is 0 Å². The summed E-state index contributed by atoms with van der Waals surface area (Å²) < 4.78 is 27.3. The van der Waals surface area contributed by atoms with E-state index in [1.54, 1.807) is 35.7 Å². The van der Waals surface area contributed by atoms with Gasteiger partial charge in [-0.05, 0) is 35.7 Å². The van der Waals surface area contributed by atoms with E-state index < -0.39 is 15.9 Å². The maximum Gasteiger partial charge on any atom is 0.269 e. The number of halogens is 1. The van der Waals surface area contributed by atoms with Crippen molar-refractivity contribution < 1.29 is 13.2 Å². The van der Waals surface area contributed by atoms with Gasteiger partial charge in [0, 0.05) is 6.20 Å². The van der Waals surface area contributed by atoms with E-state index in [2.05, 4.69) is 15.0 Å². The highest BCUT2D eigenvalue weighted by molar-refractivity contribution is 7.92. The molecule has 0 aliphatic heterocycles. The summed E-state index contributed by atoms with van der Waals surface area (Å²) in [5.41, 5.74) is 0.193. The summed E-state index contributed by atoms with van der Waals surface area (Å²) in [6.45, 7) is 0. The van der Waals surface area contributed by atoms with Gasteiger partial charge in [-0.3, -0.25) is 9.52 Å². The van der Waals surface area contributed by atoms with E-state index in [0.717, 1.165) is 11.3 Å². The lowest BCUT2D eigenvalue weighted by Crippen LogP contribution is -2.17. The van der Waals surface area contributed by atoms with E-state index in [1.165, 1.54) is 24.4 Å². The number of thiophene rings is 1. The summed E-state index contributed by atoms with van der Waals surface area (Å²) in [4.78, 5) is 16.7. The van der Waals surface area contributed by atoms with Crippen LogP contribution < -0.4 is 10.0 Å². The van der Waals surface area contributed by atoms with Gasteiger partial charge in [-0.2, -0.15) is 0 Å². The van der Waals surface area contributed by atoms with Crippen molar-refractivity contribution in [1.82, 2.24) is 4.98 Å². The molecule has 2 heterocycles. The van der Waals surface area contributed by atoms with Gasteiger partial charge in [-0.15, -0.1) is 11.3 Å². The number of amides is 1. The molecule has 25 heavy (non-hydrogen) atoms. The second-order valence-electron chi connectivity index (χ2n) is 4.87. The van der Waals surface area contributed by atoms with Crippen LogP contribution in [-0.4, -0.2) is 19.3 Å². The largest absolute Gasteiger partial charge is 0.305 e. The lowest BCUT2D eigenvalue weighted by molar-refractivity contribution is 0.103. The molecule has 1 aromatic carbocycles. The monoisotopic (exact) mass is 393 g/mol. The van der Waals surface area contributed by atoms with Crippen molar-refractivity contribution in [3.8, 4) is 0 Å². The minimum Gasteiger partial charge on any atom is -0.305 e. The van der Waals surface area contributed by atoms with Gasteiger partial charge in [-0.25, -0.2) is 13.4 Å². The van der Waals surface area contributed by atoms with E-state index >= 15 is 0 Å². The van der Waals surface area contributed by atoms with Crippen LogP contribution >= 0.6 is 22.9 Å². The molecular weight excluding hydrogens is 382 g/mol. The first-order valence-electron chi connectivity index (χ1n) is 7.04. The van der Waals surface area contributed by atoms with E-state index in [0.29, 0.717) is 5.02 Å². The van der Waals surface area contributed by atoms with Gasteiger partial charge < -0.3 is 5.32 Å². The van der Waals surface area contributed by atoms with E-state index in [1.807, 2.05) is 0 Å². The van der Waals surface area contributed by atoms with Crippen LogP contribution in [0.15, 0.2) is 65.0 Å². The fraction of sp³-hybridized carbons (Fsp3) is 0. The Morgan fingerprint density at radius 2 is 1.84 bits per heavy atom. The first-order valence-corrected chi connectivity index (χ1v) is 9.79. The van der Waals surface area contributed by atoms with E-state index in [-0.39, 0.29) is 21.3 Å². The van der Waals surface area contributed by atoms with Crippen molar-refractivity contribution in [2.45, 2.75) is 4.90 Å². The van der Waals surface area contributed by atoms with Gasteiger partial charge in [0.05, 0.1) is 15.6 Å². The maximum atomic E-state index is 12.4. The third-order valence-corrected chi connectivity index (χ3v) is 5.76. The number of sulfonamides is 1. The molecule has 3 rings (SSSR count). The van der Waals surface area contributed by atoms with Gasteiger partial charge in [0.2, 0.25) is 0 Å². The van der Waals surface area contributed by atoms with Crippen molar-refractivity contribution in [3.63, 3.8) is 0 Å². The van der Waals surface area contributed by atoms with Crippen molar-refractivity contribution in [2.24, 2.45) is 0 Å². The number of hydrogen-bond donors (Lipinski definition) is 2. The van der Waals surface area contributed by atoms with Crippen LogP contribution in [0.25, 0.3) is 0 Å². The smallest absolute Gasteiger partial charge is 0.269 e. The summed E-state index contributed by atoms with van der Waals surface area (Å²) in [5, 5.41) is 4.49. The van der Waals surface area contributed by atoms with Gasteiger partial charge in [0.1, 0.15) is 4.88 Å². The molecule has 0 aliphatic carbocycles. The molecule has 2 aromatic heterocycles. The van der Waals surface area contributed by atoms with Crippen molar-refractivity contribution >= 4 is 50.4 Å². The number of nitrogens with one attached hydrogen (secondary N) is 2. The Hall–Kier alpha value is -2.42. The molecule has 0 radical (unpaired) electrons. The zero-order chi connectivity index (χ0) is 17.9.